The Kier molecular flexibility index (Phi) is 2.49. The van der Waals surface area contributed by atoms with E-state index in [0.717, 1.165) is 26.6 Å². The molecule has 0 amide bonds. The smallest absolute Gasteiger partial charge is 0.224 e. The summed E-state index contributed by atoms with van der Waals surface area (Å²) in [7, 11) is 0. The molecule has 88 valence electrons. The number of fused-ring (bicyclic) bond motifs is 1. The first-order chi connectivity index (χ1) is 8.74. The minimum atomic E-state index is 0.687. The van der Waals surface area contributed by atoms with Crippen molar-refractivity contribution < 1.29 is 4.73 Å². The second-order valence-corrected chi connectivity index (χ2v) is 4.48. The molecule has 0 aliphatic heterocycles. The number of aryl methyl sites for hydroxylation is 1. The van der Waals surface area contributed by atoms with Crippen LogP contribution in [0.2, 0.25) is 0 Å². The third-order valence-corrected chi connectivity index (χ3v) is 3.10. The van der Waals surface area contributed by atoms with Gasteiger partial charge in [0.1, 0.15) is 0 Å². The van der Waals surface area contributed by atoms with Crippen molar-refractivity contribution in [2.75, 3.05) is 0 Å². The summed E-state index contributed by atoms with van der Waals surface area (Å²) < 4.78 is 0.942. The average Bonchev–Trinajstić information content (AvgIpc) is 2.39. The normalized spacial score (nSPS) is 10.7. The van der Waals surface area contributed by atoms with Crippen LogP contribution in [0.25, 0.3) is 22.0 Å². The second-order valence-electron chi connectivity index (χ2n) is 4.48. The predicted octanol–water partition coefficient (Wildman–Crippen LogP) is 3.45. The van der Waals surface area contributed by atoms with Crippen LogP contribution in [0.1, 0.15) is 5.56 Å². The fourth-order valence-electron chi connectivity index (χ4n) is 2.16. The predicted molar refractivity (Wildman–Crippen MR) is 73.1 cm³/mol. The maximum atomic E-state index is 12.1. The molecule has 0 bridgehead atoms. The van der Waals surface area contributed by atoms with Crippen LogP contribution in [0, 0.1) is 12.1 Å². The Morgan fingerprint density at radius 3 is 2.44 bits per heavy atom. The highest BCUT2D eigenvalue weighted by Gasteiger charge is 2.10. The van der Waals surface area contributed by atoms with Gasteiger partial charge in [0.25, 0.3) is 0 Å². The van der Waals surface area contributed by atoms with Crippen LogP contribution in [0.15, 0.2) is 60.8 Å². The molecule has 0 atom stereocenters. The zero-order valence-electron chi connectivity index (χ0n) is 10.1. The molecule has 1 aromatic heterocycles. The highest BCUT2D eigenvalue weighted by Crippen LogP contribution is 2.21. The number of hydrogen-bond donors (Lipinski definition) is 0. The standard InChI is InChI=1S/C16H13NO/c1-12-7-8-14-10-16(13-5-3-2-4-6-13)17(18)11-15(14)9-12/h2-11H,1H3. The van der Waals surface area contributed by atoms with Crippen molar-refractivity contribution in [1.29, 1.82) is 0 Å². The number of benzene rings is 2. The van der Waals surface area contributed by atoms with Crippen LogP contribution in [-0.2, 0) is 0 Å². The van der Waals surface area contributed by atoms with E-state index >= 15 is 0 Å². The van der Waals surface area contributed by atoms with E-state index in [-0.39, 0.29) is 0 Å². The van der Waals surface area contributed by atoms with E-state index in [9.17, 15) is 5.21 Å². The maximum absolute atomic E-state index is 12.1. The molecular weight excluding hydrogens is 222 g/mol. The second kappa shape index (κ2) is 4.15. The molecule has 0 saturated heterocycles. The summed E-state index contributed by atoms with van der Waals surface area (Å²) in [4.78, 5) is 0. The molecule has 0 unspecified atom stereocenters. The Bertz CT molecular complexity index is 705. The van der Waals surface area contributed by atoms with Crippen LogP contribution in [0.4, 0.5) is 0 Å². The van der Waals surface area contributed by atoms with E-state index in [0.29, 0.717) is 5.69 Å². The largest absolute Gasteiger partial charge is 0.618 e. The summed E-state index contributed by atoms with van der Waals surface area (Å²) in [6.45, 7) is 2.03. The van der Waals surface area contributed by atoms with Gasteiger partial charge < -0.3 is 5.21 Å². The van der Waals surface area contributed by atoms with Gasteiger partial charge in [-0.05, 0) is 30.5 Å². The molecule has 0 saturated carbocycles. The highest BCUT2D eigenvalue weighted by molar-refractivity contribution is 5.84. The Morgan fingerprint density at radius 2 is 1.67 bits per heavy atom. The monoisotopic (exact) mass is 235 g/mol. The van der Waals surface area contributed by atoms with Crippen molar-refractivity contribution >= 4 is 10.8 Å². The molecule has 18 heavy (non-hydrogen) atoms. The van der Waals surface area contributed by atoms with E-state index in [1.165, 1.54) is 0 Å². The van der Waals surface area contributed by atoms with E-state index in [1.807, 2.05) is 49.4 Å². The van der Waals surface area contributed by atoms with E-state index in [2.05, 4.69) is 12.1 Å². The van der Waals surface area contributed by atoms with E-state index in [4.69, 9.17) is 0 Å². The van der Waals surface area contributed by atoms with Crippen molar-refractivity contribution in [3.05, 3.63) is 71.6 Å². The summed E-state index contributed by atoms with van der Waals surface area (Å²) in [5, 5.41) is 14.1. The molecule has 3 aromatic rings. The van der Waals surface area contributed by atoms with Gasteiger partial charge >= 0.3 is 0 Å². The molecule has 2 nitrogen and oxygen atoms in total. The van der Waals surface area contributed by atoms with Crippen molar-refractivity contribution in [1.82, 2.24) is 0 Å². The zero-order valence-corrected chi connectivity index (χ0v) is 10.1. The Hall–Kier alpha value is -2.35. The topological polar surface area (TPSA) is 26.9 Å². The molecule has 1 heterocycles. The van der Waals surface area contributed by atoms with Crippen LogP contribution in [-0.4, -0.2) is 0 Å². The Labute approximate surface area is 106 Å². The lowest BCUT2D eigenvalue weighted by atomic mass is 10.1. The van der Waals surface area contributed by atoms with Crippen LogP contribution in [0.5, 0.6) is 0 Å². The summed E-state index contributed by atoms with van der Waals surface area (Å²) in [5.74, 6) is 0. The lowest BCUT2D eigenvalue weighted by molar-refractivity contribution is -0.592. The molecule has 3 rings (SSSR count). The third-order valence-electron chi connectivity index (χ3n) is 3.10. The highest BCUT2D eigenvalue weighted by atomic mass is 16.5. The minimum Gasteiger partial charge on any atom is -0.618 e. The summed E-state index contributed by atoms with van der Waals surface area (Å²) >= 11 is 0. The number of rotatable bonds is 1. The van der Waals surface area contributed by atoms with Crippen LogP contribution in [0.3, 0.4) is 0 Å². The first-order valence-electron chi connectivity index (χ1n) is 5.93. The SMILES string of the molecule is Cc1ccc2cc(-c3ccccc3)[n+]([O-])cc2c1. The lowest BCUT2D eigenvalue weighted by Crippen LogP contribution is -2.28. The fraction of sp³-hybridized carbons (Fsp3) is 0.0625. The Balaban J connectivity index is 2.25. The van der Waals surface area contributed by atoms with Gasteiger partial charge in [-0.25, -0.2) is 0 Å². The average molecular weight is 235 g/mol. The fourth-order valence-corrected chi connectivity index (χ4v) is 2.16. The van der Waals surface area contributed by atoms with Gasteiger partial charge in [0.15, 0.2) is 6.20 Å². The maximum Gasteiger partial charge on any atom is 0.224 e. The van der Waals surface area contributed by atoms with Gasteiger partial charge in [-0.1, -0.05) is 35.9 Å². The first-order valence-corrected chi connectivity index (χ1v) is 5.93. The minimum absolute atomic E-state index is 0.687. The van der Waals surface area contributed by atoms with Crippen molar-refractivity contribution in [2.45, 2.75) is 6.92 Å². The molecule has 2 aromatic carbocycles. The van der Waals surface area contributed by atoms with Gasteiger partial charge in [0, 0.05) is 17.0 Å². The van der Waals surface area contributed by atoms with Crippen molar-refractivity contribution in [2.24, 2.45) is 0 Å². The van der Waals surface area contributed by atoms with Crippen molar-refractivity contribution in [3.8, 4) is 11.3 Å². The van der Waals surface area contributed by atoms with Gasteiger partial charge in [-0.15, -0.1) is 0 Å². The quantitative estimate of drug-likeness (QED) is 0.469. The van der Waals surface area contributed by atoms with Gasteiger partial charge in [0.05, 0.1) is 0 Å². The number of hydrogen-bond acceptors (Lipinski definition) is 1. The molecule has 0 radical (unpaired) electrons. The summed E-state index contributed by atoms with van der Waals surface area (Å²) in [5.41, 5.74) is 2.79. The first kappa shape index (κ1) is 10.8. The van der Waals surface area contributed by atoms with Crippen LogP contribution >= 0.6 is 0 Å². The molecule has 2 heteroatoms. The number of nitrogens with zero attached hydrogens (tertiary/aromatic N) is 1. The van der Waals surface area contributed by atoms with Gasteiger partial charge in [0.2, 0.25) is 5.69 Å². The van der Waals surface area contributed by atoms with E-state index < -0.39 is 0 Å². The van der Waals surface area contributed by atoms with Gasteiger partial charge in [-0.3, -0.25) is 0 Å². The number of aromatic nitrogens is 1. The Morgan fingerprint density at radius 1 is 0.889 bits per heavy atom. The van der Waals surface area contributed by atoms with Crippen LogP contribution < -0.4 is 4.73 Å². The zero-order chi connectivity index (χ0) is 12.5. The lowest BCUT2D eigenvalue weighted by Gasteiger charge is -2.06. The molecule has 0 spiro atoms. The van der Waals surface area contributed by atoms with Crippen molar-refractivity contribution in [3.63, 3.8) is 0 Å². The molecule has 0 aliphatic carbocycles. The van der Waals surface area contributed by atoms with Gasteiger partial charge in [-0.2, -0.15) is 4.73 Å². The molecule has 0 fully saturated rings. The molecule has 0 aliphatic rings. The summed E-state index contributed by atoms with van der Waals surface area (Å²) in [6.07, 6.45) is 1.64. The summed E-state index contributed by atoms with van der Waals surface area (Å²) in [6, 6.07) is 17.8. The molecular formula is C16H13NO. The number of pyridine rings is 1. The van der Waals surface area contributed by atoms with E-state index in [1.54, 1.807) is 6.20 Å². The third kappa shape index (κ3) is 1.82. The molecule has 0 N–H and O–H groups in total.